The Morgan fingerprint density at radius 3 is 2.00 bits per heavy atom. The predicted molar refractivity (Wildman–Crippen MR) is 89.5 cm³/mol. The molecule has 7 heteroatoms. The fourth-order valence-electron chi connectivity index (χ4n) is 2.62. The number of aromatic nitrogens is 2. The molecule has 3 aromatic rings. The Morgan fingerprint density at radius 1 is 0.923 bits per heavy atom. The smallest absolute Gasteiger partial charge is 0.284 e. The van der Waals surface area contributed by atoms with Gasteiger partial charge in [-0.05, 0) is 29.6 Å². The lowest BCUT2D eigenvalue weighted by Crippen LogP contribution is -2.46. The number of aryl methyl sites for hydroxylation is 2. The standard InChI is InChI=1S/C19H17N2O5/c1-12-8-4-6-10-14(12)18(22)16-17(21(25-20-16)26-24-3)19(23)15-11-7-5-9-13(15)2/h4-11H,1-3H3/q+1. The molecule has 0 radical (unpaired) electrons. The lowest BCUT2D eigenvalue weighted by Gasteiger charge is -2.03. The molecule has 0 bridgehead atoms. The summed E-state index contributed by atoms with van der Waals surface area (Å²) < 4.78 is 4.98. The molecule has 0 amide bonds. The van der Waals surface area contributed by atoms with Crippen LogP contribution in [0.4, 0.5) is 0 Å². The number of rotatable bonds is 6. The minimum absolute atomic E-state index is 0.144. The first-order chi connectivity index (χ1) is 12.5. The number of hydrogen-bond donors (Lipinski definition) is 0. The van der Waals surface area contributed by atoms with E-state index in [-0.39, 0.29) is 11.4 Å². The van der Waals surface area contributed by atoms with Crippen LogP contribution in [0.5, 0.6) is 0 Å². The number of ketones is 2. The van der Waals surface area contributed by atoms with Crippen molar-refractivity contribution in [1.82, 2.24) is 5.16 Å². The first-order valence-electron chi connectivity index (χ1n) is 7.88. The van der Waals surface area contributed by atoms with Crippen molar-refractivity contribution in [2.24, 2.45) is 0 Å². The SMILES string of the molecule is COO[n+]1onc(C(=O)c2ccccc2C)c1C(=O)c1ccccc1C. The molecular formula is C19H17N2O5+. The van der Waals surface area contributed by atoms with Gasteiger partial charge in [0.1, 0.15) is 0 Å². The summed E-state index contributed by atoms with van der Waals surface area (Å²) in [4.78, 5) is 36.1. The molecular weight excluding hydrogens is 336 g/mol. The summed E-state index contributed by atoms with van der Waals surface area (Å²) in [7, 11) is 1.25. The van der Waals surface area contributed by atoms with E-state index >= 15 is 0 Å². The maximum Gasteiger partial charge on any atom is 0.330 e. The third-order valence-corrected chi connectivity index (χ3v) is 3.96. The molecule has 0 aliphatic carbocycles. The van der Waals surface area contributed by atoms with Gasteiger partial charge in [-0.2, -0.15) is 0 Å². The molecule has 1 heterocycles. The minimum atomic E-state index is -0.460. The van der Waals surface area contributed by atoms with Crippen LogP contribution < -0.4 is 9.89 Å². The molecule has 26 heavy (non-hydrogen) atoms. The van der Waals surface area contributed by atoms with Gasteiger partial charge in [-0.3, -0.25) is 9.59 Å². The van der Waals surface area contributed by atoms with Crippen molar-refractivity contribution < 1.29 is 29.0 Å². The summed E-state index contributed by atoms with van der Waals surface area (Å²) in [6.45, 7) is 3.60. The van der Waals surface area contributed by atoms with Crippen LogP contribution in [-0.2, 0) is 4.89 Å². The van der Waals surface area contributed by atoms with Crippen LogP contribution in [0.2, 0.25) is 0 Å². The predicted octanol–water partition coefficient (Wildman–Crippen LogP) is 2.03. The molecule has 0 fully saturated rings. The summed E-state index contributed by atoms with van der Waals surface area (Å²) in [5, 5.41) is 3.74. The molecule has 0 N–H and O–H groups in total. The molecule has 2 aromatic carbocycles. The maximum absolute atomic E-state index is 13.1. The average Bonchev–Trinajstić information content (AvgIpc) is 3.05. The molecule has 0 unspecified atom stereocenters. The summed E-state index contributed by atoms with van der Waals surface area (Å²) >= 11 is 0. The number of carbonyl (C=O) groups excluding carboxylic acids is 2. The van der Waals surface area contributed by atoms with Gasteiger partial charge >= 0.3 is 11.4 Å². The molecule has 0 aliphatic rings. The van der Waals surface area contributed by atoms with Crippen molar-refractivity contribution in [3.63, 3.8) is 0 Å². The van der Waals surface area contributed by atoms with E-state index in [0.29, 0.717) is 16.0 Å². The van der Waals surface area contributed by atoms with Crippen molar-refractivity contribution in [3.05, 3.63) is 82.2 Å². The fraction of sp³-hybridized carbons (Fsp3) is 0.158. The molecule has 0 saturated heterocycles. The highest BCUT2D eigenvalue weighted by atomic mass is 17.3. The average molecular weight is 353 g/mol. The Morgan fingerprint density at radius 2 is 1.46 bits per heavy atom. The molecule has 7 nitrogen and oxygen atoms in total. The first-order valence-corrected chi connectivity index (χ1v) is 7.88. The van der Waals surface area contributed by atoms with E-state index < -0.39 is 11.6 Å². The van der Waals surface area contributed by atoms with Gasteiger partial charge in [-0.15, -0.1) is 9.88 Å². The quantitative estimate of drug-likeness (QED) is 0.383. The normalized spacial score (nSPS) is 10.6. The van der Waals surface area contributed by atoms with Crippen LogP contribution in [0.1, 0.15) is 43.2 Å². The van der Waals surface area contributed by atoms with Crippen LogP contribution >= 0.6 is 0 Å². The van der Waals surface area contributed by atoms with Crippen molar-refractivity contribution in [2.75, 3.05) is 7.11 Å². The number of carbonyl (C=O) groups is 2. The molecule has 0 aliphatic heterocycles. The van der Waals surface area contributed by atoms with E-state index in [1.165, 1.54) is 7.11 Å². The van der Waals surface area contributed by atoms with Gasteiger partial charge in [0.2, 0.25) is 11.6 Å². The largest absolute Gasteiger partial charge is 0.330 e. The van der Waals surface area contributed by atoms with Crippen LogP contribution in [-0.4, -0.2) is 23.8 Å². The van der Waals surface area contributed by atoms with Crippen molar-refractivity contribution in [1.29, 1.82) is 0 Å². The molecule has 3 rings (SSSR count). The highest BCUT2D eigenvalue weighted by molar-refractivity contribution is 6.17. The molecule has 0 atom stereocenters. The van der Waals surface area contributed by atoms with Gasteiger partial charge in [0.15, 0.2) is 10.1 Å². The van der Waals surface area contributed by atoms with Crippen molar-refractivity contribution in [3.8, 4) is 0 Å². The summed E-state index contributed by atoms with van der Waals surface area (Å²) in [5.41, 5.74) is 2.04. The molecule has 132 valence electrons. The number of benzene rings is 2. The van der Waals surface area contributed by atoms with E-state index in [1.807, 2.05) is 12.1 Å². The van der Waals surface area contributed by atoms with Crippen LogP contribution in [0.15, 0.2) is 53.2 Å². The zero-order valence-corrected chi connectivity index (χ0v) is 14.6. The Hall–Kier alpha value is -3.32. The van der Waals surface area contributed by atoms with Crippen LogP contribution in [0.3, 0.4) is 0 Å². The second-order valence-electron chi connectivity index (χ2n) is 5.66. The topological polar surface area (TPSA) is 82.5 Å². The maximum atomic E-state index is 13.1. The minimum Gasteiger partial charge on any atom is -0.284 e. The van der Waals surface area contributed by atoms with Gasteiger partial charge in [0, 0.05) is 11.1 Å². The molecule has 0 saturated carbocycles. The molecule has 0 spiro atoms. The lowest BCUT2D eigenvalue weighted by molar-refractivity contribution is -1.07. The zero-order valence-electron chi connectivity index (χ0n) is 14.6. The highest BCUT2D eigenvalue weighted by Gasteiger charge is 2.39. The zero-order chi connectivity index (χ0) is 18.7. The number of nitrogens with zero attached hydrogens (tertiary/aromatic N) is 2. The van der Waals surface area contributed by atoms with Crippen molar-refractivity contribution >= 4 is 11.6 Å². The first kappa shape index (κ1) is 17.5. The third kappa shape index (κ3) is 3.12. The second kappa shape index (κ2) is 7.28. The van der Waals surface area contributed by atoms with E-state index in [9.17, 15) is 9.59 Å². The third-order valence-electron chi connectivity index (χ3n) is 3.96. The summed E-state index contributed by atoms with van der Waals surface area (Å²) in [5.74, 6) is -0.902. The molecule has 1 aromatic heterocycles. The van der Waals surface area contributed by atoms with Gasteiger partial charge in [-0.1, -0.05) is 48.5 Å². The van der Waals surface area contributed by atoms with Crippen LogP contribution in [0.25, 0.3) is 0 Å². The summed E-state index contributed by atoms with van der Waals surface area (Å²) in [6, 6.07) is 14.0. The number of hydrogen-bond acceptors (Lipinski definition) is 6. The fourth-order valence-corrected chi connectivity index (χ4v) is 2.62. The Labute approximate surface area is 149 Å². The monoisotopic (exact) mass is 353 g/mol. The Bertz CT molecular complexity index is 978. The van der Waals surface area contributed by atoms with Gasteiger partial charge in [0.25, 0.3) is 0 Å². The summed E-state index contributed by atoms with van der Waals surface area (Å²) in [6.07, 6.45) is 0. The van der Waals surface area contributed by atoms with Gasteiger partial charge < -0.3 is 0 Å². The van der Waals surface area contributed by atoms with E-state index in [1.54, 1.807) is 50.2 Å². The lowest BCUT2D eigenvalue weighted by atomic mass is 9.97. The van der Waals surface area contributed by atoms with E-state index in [4.69, 9.17) is 9.62 Å². The second-order valence-corrected chi connectivity index (χ2v) is 5.66. The van der Waals surface area contributed by atoms with Crippen molar-refractivity contribution in [2.45, 2.75) is 13.8 Å². The van der Waals surface area contributed by atoms with E-state index in [2.05, 4.69) is 10.0 Å². The Balaban J connectivity index is 2.14. The van der Waals surface area contributed by atoms with Gasteiger partial charge in [-0.25, -0.2) is 0 Å². The Kier molecular flexibility index (Phi) is 4.90. The van der Waals surface area contributed by atoms with Gasteiger partial charge in [0.05, 0.1) is 7.11 Å². The highest BCUT2D eigenvalue weighted by Crippen LogP contribution is 2.18. The van der Waals surface area contributed by atoms with Crippen LogP contribution in [0, 0.1) is 13.8 Å². The van der Waals surface area contributed by atoms with E-state index in [0.717, 1.165) is 11.1 Å².